The highest BCUT2D eigenvalue weighted by Crippen LogP contribution is 2.26. The molecule has 1 fully saturated rings. The van der Waals surface area contributed by atoms with Crippen molar-refractivity contribution in [3.63, 3.8) is 0 Å². The van der Waals surface area contributed by atoms with Crippen molar-refractivity contribution in [1.82, 2.24) is 15.3 Å². The monoisotopic (exact) mass is 448 g/mol. The second-order valence-corrected chi connectivity index (χ2v) is 8.12. The molecule has 174 valence electrons. The van der Waals surface area contributed by atoms with Crippen LogP contribution in [0.1, 0.15) is 31.7 Å². The number of ether oxygens (including phenoxy) is 1. The molecule has 3 atom stereocenters. The normalized spacial score (nSPS) is 17.8. The zero-order valence-electron chi connectivity index (χ0n) is 18.5. The summed E-state index contributed by atoms with van der Waals surface area (Å²) < 4.78 is 31.4. The highest BCUT2D eigenvalue weighted by atomic mass is 19.3. The van der Waals surface area contributed by atoms with Crippen molar-refractivity contribution in [2.24, 2.45) is 5.73 Å². The van der Waals surface area contributed by atoms with Crippen LogP contribution < -0.4 is 25.6 Å². The first-order valence-electron chi connectivity index (χ1n) is 10.6. The largest absolute Gasteiger partial charge is 0.489 e. The molecule has 0 aliphatic carbocycles. The van der Waals surface area contributed by atoms with Crippen LogP contribution in [0.15, 0.2) is 36.5 Å². The molecule has 2 unspecified atom stereocenters. The maximum atomic E-state index is 12.6. The second kappa shape index (κ2) is 10.4. The van der Waals surface area contributed by atoms with Gasteiger partial charge < -0.3 is 25.6 Å². The van der Waals surface area contributed by atoms with Gasteiger partial charge in [-0.3, -0.25) is 0 Å². The van der Waals surface area contributed by atoms with Crippen molar-refractivity contribution in [3.05, 3.63) is 42.1 Å². The van der Waals surface area contributed by atoms with Gasteiger partial charge in [0.05, 0.1) is 13.1 Å². The number of hydrogen-bond acceptors (Lipinski definition) is 6. The molecule has 0 spiro atoms. The number of alkyl halides is 2. The van der Waals surface area contributed by atoms with Gasteiger partial charge in [-0.15, -0.1) is 0 Å². The van der Waals surface area contributed by atoms with Crippen molar-refractivity contribution in [1.29, 1.82) is 0 Å². The number of amides is 2. The predicted octanol–water partition coefficient (Wildman–Crippen LogP) is 3.00. The average molecular weight is 449 g/mol. The van der Waals surface area contributed by atoms with Crippen molar-refractivity contribution in [2.75, 3.05) is 36.5 Å². The Balaban J connectivity index is 1.57. The first kappa shape index (κ1) is 23.5. The smallest absolute Gasteiger partial charge is 0.312 e. The fraction of sp³-hybridized carbons (Fsp3) is 0.500. The van der Waals surface area contributed by atoms with Gasteiger partial charge in [0.2, 0.25) is 5.95 Å². The van der Waals surface area contributed by atoms with Gasteiger partial charge in [-0.2, -0.15) is 4.98 Å². The quantitative estimate of drug-likeness (QED) is 0.612. The van der Waals surface area contributed by atoms with Crippen LogP contribution in [0.25, 0.3) is 0 Å². The second-order valence-electron chi connectivity index (χ2n) is 8.12. The topological polar surface area (TPSA) is 96.6 Å². The number of nitrogens with zero attached hydrogens (tertiary/aromatic N) is 4. The van der Waals surface area contributed by atoms with Crippen molar-refractivity contribution >= 4 is 17.8 Å². The summed E-state index contributed by atoms with van der Waals surface area (Å²) in [7, 11) is 1.55. The Bertz CT molecular complexity index is 898. The van der Waals surface area contributed by atoms with Crippen molar-refractivity contribution < 1.29 is 18.3 Å². The summed E-state index contributed by atoms with van der Waals surface area (Å²) in [6.45, 7) is 4.93. The van der Waals surface area contributed by atoms with Crippen LogP contribution in [-0.4, -0.2) is 61.3 Å². The third kappa shape index (κ3) is 6.18. The van der Waals surface area contributed by atoms with E-state index >= 15 is 0 Å². The van der Waals surface area contributed by atoms with Gasteiger partial charge in [0.25, 0.3) is 6.43 Å². The molecule has 3 N–H and O–H groups in total. The van der Waals surface area contributed by atoms with Gasteiger partial charge in [0.1, 0.15) is 17.7 Å². The highest BCUT2D eigenvalue weighted by Gasteiger charge is 2.26. The number of urea groups is 1. The summed E-state index contributed by atoms with van der Waals surface area (Å²) in [5.74, 6) is 1.84. The molecule has 1 aliphatic heterocycles. The molecular formula is C22H30F2N6O2. The Morgan fingerprint density at radius 1 is 1.31 bits per heavy atom. The van der Waals surface area contributed by atoms with E-state index < -0.39 is 19.0 Å². The van der Waals surface area contributed by atoms with Gasteiger partial charge in [-0.05, 0) is 30.7 Å². The molecular weight excluding hydrogens is 418 g/mol. The first-order valence-corrected chi connectivity index (χ1v) is 10.6. The standard InChI is InChI=1S/C22H30F2N6O2/c1-14(15(2)27-21(25)31)16-4-6-17(7-5-16)32-18-9-11-30(12-18)20-8-10-26-22(28-20)29(3)13-19(23)24/h4-8,10,14-15,18-19H,9,11-13H2,1-3H3,(H3,25,27,31)/t14?,15-,18?/m0/s1. The number of nitrogens with two attached hydrogens (primary N) is 1. The summed E-state index contributed by atoms with van der Waals surface area (Å²) in [5.41, 5.74) is 6.28. The number of carbonyl (C=O) groups is 1. The summed E-state index contributed by atoms with van der Waals surface area (Å²) in [6, 6.07) is 8.98. The van der Waals surface area contributed by atoms with E-state index in [-0.39, 0.29) is 24.0 Å². The number of primary amides is 1. The van der Waals surface area contributed by atoms with E-state index in [4.69, 9.17) is 10.5 Å². The number of anilines is 2. The van der Waals surface area contributed by atoms with Gasteiger partial charge in [0, 0.05) is 38.2 Å². The Labute approximate surface area is 186 Å². The lowest BCUT2D eigenvalue weighted by Crippen LogP contribution is -2.39. The van der Waals surface area contributed by atoms with E-state index in [9.17, 15) is 13.6 Å². The molecule has 1 aromatic heterocycles. The predicted molar refractivity (Wildman–Crippen MR) is 120 cm³/mol. The molecule has 1 aromatic carbocycles. The fourth-order valence-corrected chi connectivity index (χ4v) is 3.70. The van der Waals surface area contributed by atoms with Gasteiger partial charge >= 0.3 is 6.03 Å². The number of halogens is 2. The van der Waals surface area contributed by atoms with Crippen LogP contribution in [0.5, 0.6) is 5.75 Å². The maximum absolute atomic E-state index is 12.6. The number of rotatable bonds is 9. The van der Waals surface area contributed by atoms with Gasteiger partial charge in [-0.25, -0.2) is 18.6 Å². The molecule has 3 rings (SSSR count). The molecule has 2 aromatic rings. The minimum Gasteiger partial charge on any atom is -0.489 e. The maximum Gasteiger partial charge on any atom is 0.312 e. The lowest BCUT2D eigenvalue weighted by molar-refractivity contribution is 0.156. The Morgan fingerprint density at radius 3 is 2.69 bits per heavy atom. The Hall–Kier alpha value is -3.17. The minimum absolute atomic E-state index is 0.00839. The Kier molecular flexibility index (Phi) is 7.66. The first-order chi connectivity index (χ1) is 15.2. The van der Waals surface area contributed by atoms with E-state index in [0.29, 0.717) is 12.4 Å². The molecule has 8 nitrogen and oxygen atoms in total. The number of nitrogens with one attached hydrogen (secondary N) is 1. The van der Waals surface area contributed by atoms with E-state index in [1.165, 1.54) is 4.90 Å². The van der Waals surface area contributed by atoms with E-state index in [2.05, 4.69) is 20.2 Å². The van der Waals surface area contributed by atoms with Crippen LogP contribution >= 0.6 is 0 Å². The SMILES string of the molecule is CC(c1ccc(OC2CCN(c3ccnc(N(C)CC(F)F)n3)C2)cc1)[C@H](C)NC(N)=O. The van der Waals surface area contributed by atoms with Crippen molar-refractivity contribution in [2.45, 2.75) is 44.8 Å². The van der Waals surface area contributed by atoms with Crippen LogP contribution in [0.2, 0.25) is 0 Å². The Morgan fingerprint density at radius 2 is 2.03 bits per heavy atom. The molecule has 2 heterocycles. The third-order valence-corrected chi connectivity index (χ3v) is 5.68. The lowest BCUT2D eigenvalue weighted by Gasteiger charge is -2.22. The molecule has 1 aliphatic rings. The fourth-order valence-electron chi connectivity index (χ4n) is 3.70. The van der Waals surface area contributed by atoms with Crippen LogP contribution in [0.4, 0.5) is 25.3 Å². The molecule has 10 heteroatoms. The summed E-state index contributed by atoms with van der Waals surface area (Å²) in [4.78, 5) is 23.0. The van der Waals surface area contributed by atoms with E-state index in [1.54, 1.807) is 19.3 Å². The lowest BCUT2D eigenvalue weighted by atomic mass is 9.94. The zero-order valence-corrected chi connectivity index (χ0v) is 18.5. The number of carbonyl (C=O) groups excluding carboxylic acids is 1. The summed E-state index contributed by atoms with van der Waals surface area (Å²) >= 11 is 0. The van der Waals surface area contributed by atoms with Gasteiger partial charge in [0.15, 0.2) is 0 Å². The van der Waals surface area contributed by atoms with Crippen molar-refractivity contribution in [3.8, 4) is 5.75 Å². The molecule has 32 heavy (non-hydrogen) atoms. The summed E-state index contributed by atoms with van der Waals surface area (Å²) in [6.07, 6.45) is -0.0501. The minimum atomic E-state index is -2.45. The zero-order chi connectivity index (χ0) is 23.3. The number of benzene rings is 1. The molecule has 0 bridgehead atoms. The van der Waals surface area contributed by atoms with E-state index in [1.807, 2.05) is 38.1 Å². The highest BCUT2D eigenvalue weighted by molar-refractivity contribution is 5.72. The molecule has 1 saturated heterocycles. The van der Waals surface area contributed by atoms with Crippen LogP contribution in [0.3, 0.4) is 0 Å². The van der Waals surface area contributed by atoms with Crippen LogP contribution in [0, 0.1) is 0 Å². The third-order valence-electron chi connectivity index (χ3n) is 5.68. The summed E-state index contributed by atoms with van der Waals surface area (Å²) in [5, 5.41) is 2.71. The average Bonchev–Trinajstić information content (AvgIpc) is 3.21. The van der Waals surface area contributed by atoms with E-state index in [0.717, 1.165) is 24.3 Å². The number of hydrogen-bond donors (Lipinski definition) is 2. The molecule has 2 amide bonds. The molecule has 0 saturated carbocycles. The number of aromatic nitrogens is 2. The van der Waals surface area contributed by atoms with Gasteiger partial charge in [-0.1, -0.05) is 19.1 Å². The van der Waals surface area contributed by atoms with Crippen LogP contribution in [-0.2, 0) is 0 Å². The molecule has 0 radical (unpaired) electrons.